The van der Waals surface area contributed by atoms with Crippen LogP contribution in [0.15, 0.2) is 218 Å². The van der Waals surface area contributed by atoms with Gasteiger partial charge in [0.2, 0.25) is 0 Å². The Bertz CT molecular complexity index is 4500. The molecule has 0 radical (unpaired) electrons. The standard InChI is InChI=1S/C90H90BNO2/c1-85(2,3)65-33-25-55(26-34-65)59-45-60(56-27-35-66(36-28-56)86(4,5)6)48-63(47-59)72-21-19-23-74-75-24-20-22-73(64-49-61(57-29-37-67(38-30-57)87(7,8)9)46-62(50-64)58-31-39-68(40-32-58)88(10,11)12)84(75)92(83(72)74)71-53-80-82-81(54-71)94-79-44-42-70(90(16,17)18)52-77(79)91(82)76-51-69(89(13,14)15)41-43-78(76)93-80/h19-54H,1-18H3. The molecule has 2 aliphatic heterocycles. The Morgan fingerprint density at radius 2 is 0.532 bits per heavy atom. The van der Waals surface area contributed by atoms with E-state index in [0.717, 1.165) is 100 Å². The highest BCUT2D eigenvalue weighted by Crippen LogP contribution is 2.48. The maximum atomic E-state index is 7.38. The third kappa shape index (κ3) is 11.4. The molecular formula is C90H90BNO2. The Balaban J connectivity index is 1.07. The molecule has 3 heterocycles. The molecule has 2 aliphatic rings. The first-order valence-electron chi connectivity index (χ1n) is 34.0. The van der Waals surface area contributed by atoms with Crippen molar-refractivity contribution in [2.24, 2.45) is 0 Å². The van der Waals surface area contributed by atoms with E-state index in [2.05, 4.69) is 348 Å². The second kappa shape index (κ2) is 22.3. The summed E-state index contributed by atoms with van der Waals surface area (Å²) < 4.78 is 17.3. The van der Waals surface area contributed by atoms with Gasteiger partial charge in [0.15, 0.2) is 0 Å². The summed E-state index contributed by atoms with van der Waals surface area (Å²) >= 11 is 0. The summed E-state index contributed by atoms with van der Waals surface area (Å²) in [5.74, 6) is 3.34. The number of hydrogen-bond acceptors (Lipinski definition) is 2. The van der Waals surface area contributed by atoms with Crippen LogP contribution < -0.4 is 25.9 Å². The Kier molecular flexibility index (Phi) is 14.8. The molecule has 0 bridgehead atoms. The molecule has 470 valence electrons. The topological polar surface area (TPSA) is 23.4 Å². The van der Waals surface area contributed by atoms with Crippen molar-refractivity contribution >= 4 is 44.9 Å². The molecule has 11 aromatic carbocycles. The average molecular weight is 1230 g/mol. The van der Waals surface area contributed by atoms with Gasteiger partial charge in [-0.05, 0) is 181 Å². The molecule has 14 rings (SSSR count). The van der Waals surface area contributed by atoms with Crippen molar-refractivity contribution in [1.82, 2.24) is 4.57 Å². The van der Waals surface area contributed by atoms with Crippen LogP contribution in [-0.2, 0) is 32.5 Å². The largest absolute Gasteiger partial charge is 0.458 e. The highest BCUT2D eigenvalue weighted by Gasteiger charge is 2.42. The minimum Gasteiger partial charge on any atom is -0.458 e. The fourth-order valence-electron chi connectivity index (χ4n) is 14.3. The average Bonchev–Trinajstić information content (AvgIpc) is 1.31. The maximum absolute atomic E-state index is 7.38. The quantitative estimate of drug-likeness (QED) is 0.149. The molecule has 1 aromatic heterocycles. The van der Waals surface area contributed by atoms with Crippen LogP contribution in [0.3, 0.4) is 0 Å². The van der Waals surface area contributed by atoms with E-state index >= 15 is 0 Å². The lowest BCUT2D eigenvalue weighted by Crippen LogP contribution is -2.57. The Hall–Kier alpha value is -9.12. The van der Waals surface area contributed by atoms with Gasteiger partial charge in [-0.2, -0.15) is 0 Å². The van der Waals surface area contributed by atoms with Crippen LogP contribution in [0.2, 0.25) is 0 Å². The van der Waals surface area contributed by atoms with Gasteiger partial charge in [-0.1, -0.05) is 282 Å². The van der Waals surface area contributed by atoms with Gasteiger partial charge < -0.3 is 14.0 Å². The summed E-state index contributed by atoms with van der Waals surface area (Å²) in [6.45, 7) is 41.1. The summed E-state index contributed by atoms with van der Waals surface area (Å²) in [7, 11) is 0. The summed E-state index contributed by atoms with van der Waals surface area (Å²) in [5, 5.41) is 2.31. The third-order valence-corrected chi connectivity index (χ3v) is 20.1. The third-order valence-electron chi connectivity index (χ3n) is 20.1. The smallest absolute Gasteiger partial charge is 0.260 e. The first-order valence-corrected chi connectivity index (χ1v) is 34.0. The zero-order chi connectivity index (χ0) is 66.3. The lowest BCUT2D eigenvalue weighted by atomic mass is 9.34. The van der Waals surface area contributed by atoms with Crippen LogP contribution in [0, 0.1) is 0 Å². The molecule has 94 heavy (non-hydrogen) atoms. The molecule has 0 saturated heterocycles. The van der Waals surface area contributed by atoms with Crippen LogP contribution >= 0.6 is 0 Å². The fourth-order valence-corrected chi connectivity index (χ4v) is 14.3. The lowest BCUT2D eigenvalue weighted by Gasteiger charge is -2.35. The van der Waals surface area contributed by atoms with Crippen LogP contribution in [0.4, 0.5) is 0 Å². The van der Waals surface area contributed by atoms with E-state index in [1.54, 1.807) is 0 Å². The van der Waals surface area contributed by atoms with Crippen LogP contribution in [0.25, 0.3) is 94.3 Å². The molecule has 0 spiro atoms. The number of benzene rings is 11. The Labute approximate surface area is 560 Å². The van der Waals surface area contributed by atoms with Gasteiger partial charge in [0.25, 0.3) is 6.71 Å². The number of fused-ring (bicyclic) bond motifs is 7. The fraction of sp³-hybridized carbons (Fsp3) is 0.267. The van der Waals surface area contributed by atoms with Crippen molar-refractivity contribution in [3.63, 3.8) is 0 Å². The van der Waals surface area contributed by atoms with Crippen LogP contribution in [0.5, 0.6) is 23.0 Å². The lowest BCUT2D eigenvalue weighted by molar-refractivity contribution is 0.463. The van der Waals surface area contributed by atoms with Crippen molar-refractivity contribution in [2.75, 3.05) is 0 Å². The van der Waals surface area contributed by atoms with Crippen molar-refractivity contribution in [2.45, 2.75) is 157 Å². The number of ether oxygens (including phenoxy) is 2. The first kappa shape index (κ1) is 62.3. The van der Waals surface area contributed by atoms with Crippen molar-refractivity contribution in [3.8, 4) is 95.4 Å². The number of para-hydroxylation sites is 2. The van der Waals surface area contributed by atoms with Crippen LogP contribution in [-0.4, -0.2) is 11.3 Å². The number of nitrogens with zero attached hydrogens (tertiary/aromatic N) is 1. The first-order chi connectivity index (χ1) is 44.3. The van der Waals surface area contributed by atoms with Gasteiger partial charge in [0.1, 0.15) is 23.0 Å². The van der Waals surface area contributed by atoms with Crippen molar-refractivity contribution in [1.29, 1.82) is 0 Å². The normalized spacial score (nSPS) is 13.4. The molecule has 0 atom stereocenters. The van der Waals surface area contributed by atoms with E-state index in [-0.39, 0.29) is 39.2 Å². The summed E-state index contributed by atoms with van der Waals surface area (Å²) in [6.07, 6.45) is 0. The predicted octanol–water partition coefficient (Wildman–Crippen LogP) is 23.3. The Morgan fingerprint density at radius 3 is 0.819 bits per heavy atom. The molecule has 0 fully saturated rings. The minimum atomic E-state index is -0.118. The summed E-state index contributed by atoms with van der Waals surface area (Å²) in [5.41, 5.74) is 28.1. The van der Waals surface area contributed by atoms with Gasteiger partial charge in [0, 0.05) is 39.5 Å². The zero-order valence-electron chi connectivity index (χ0n) is 58.6. The van der Waals surface area contributed by atoms with E-state index in [0.29, 0.717) is 0 Å². The predicted molar refractivity (Wildman–Crippen MR) is 403 cm³/mol. The van der Waals surface area contributed by atoms with E-state index < -0.39 is 0 Å². The van der Waals surface area contributed by atoms with E-state index in [1.165, 1.54) is 66.6 Å². The molecular weight excluding hydrogens is 1140 g/mol. The van der Waals surface area contributed by atoms with E-state index in [1.807, 2.05) is 0 Å². The second-order valence-corrected chi connectivity index (χ2v) is 33.1. The molecule has 0 N–H and O–H groups in total. The number of aromatic nitrogens is 1. The number of rotatable bonds is 7. The minimum absolute atomic E-state index is 0.0189. The molecule has 0 amide bonds. The molecule has 0 aliphatic carbocycles. The van der Waals surface area contributed by atoms with Crippen molar-refractivity contribution in [3.05, 3.63) is 252 Å². The molecule has 0 saturated carbocycles. The highest BCUT2D eigenvalue weighted by atomic mass is 16.5. The monoisotopic (exact) mass is 1230 g/mol. The second-order valence-electron chi connectivity index (χ2n) is 33.1. The zero-order valence-corrected chi connectivity index (χ0v) is 58.6. The molecule has 4 heteroatoms. The van der Waals surface area contributed by atoms with E-state index in [4.69, 9.17) is 9.47 Å². The number of hydrogen-bond donors (Lipinski definition) is 0. The van der Waals surface area contributed by atoms with Gasteiger partial charge in [0.05, 0.1) is 16.7 Å². The van der Waals surface area contributed by atoms with Crippen molar-refractivity contribution < 1.29 is 9.47 Å². The summed E-state index contributed by atoms with van der Waals surface area (Å²) in [6, 6.07) is 83.6. The van der Waals surface area contributed by atoms with Gasteiger partial charge in [-0.15, -0.1) is 0 Å². The van der Waals surface area contributed by atoms with E-state index in [9.17, 15) is 0 Å². The molecule has 3 nitrogen and oxygen atoms in total. The highest BCUT2D eigenvalue weighted by molar-refractivity contribution is 6.98. The van der Waals surface area contributed by atoms with Gasteiger partial charge in [-0.3, -0.25) is 0 Å². The van der Waals surface area contributed by atoms with Crippen LogP contribution in [0.1, 0.15) is 158 Å². The summed E-state index contributed by atoms with van der Waals surface area (Å²) in [4.78, 5) is 0. The SMILES string of the molecule is CC(C)(C)c1ccc(-c2cc(-c3ccc(C(C)(C)C)cc3)cc(-c3cccc4c5cccc(-c6cc(-c7ccc(C(C)(C)C)cc7)cc(-c7ccc(C(C)(C)C)cc7)c6)c5n(-c5cc6c7c(c5)Oc5ccc(C(C)(C)C)cc5B7c5cc(C(C)(C)C)ccc5O6)c34)c2)cc1. The molecule has 12 aromatic rings. The maximum Gasteiger partial charge on any atom is 0.260 e. The molecule has 0 unspecified atom stereocenters. The van der Waals surface area contributed by atoms with Gasteiger partial charge >= 0.3 is 0 Å². The van der Waals surface area contributed by atoms with Gasteiger partial charge in [-0.25, -0.2) is 0 Å². The Morgan fingerprint density at radius 1 is 0.255 bits per heavy atom.